The number of ether oxygens (including phenoxy) is 1. The van der Waals surface area contributed by atoms with E-state index in [9.17, 15) is 9.59 Å². The number of hydrogen-bond donors (Lipinski definition) is 2. The van der Waals surface area contributed by atoms with Crippen molar-refractivity contribution in [2.45, 2.75) is 13.5 Å². The van der Waals surface area contributed by atoms with Crippen LogP contribution in [-0.2, 0) is 11.3 Å². The molecule has 0 atom stereocenters. The van der Waals surface area contributed by atoms with Crippen molar-refractivity contribution in [1.29, 1.82) is 0 Å². The van der Waals surface area contributed by atoms with E-state index < -0.39 is 0 Å². The Kier molecular flexibility index (Phi) is 3.69. The molecule has 0 fully saturated rings. The smallest absolute Gasteiger partial charge is 0.270 e. The second kappa shape index (κ2) is 5.80. The van der Waals surface area contributed by atoms with Crippen molar-refractivity contribution in [3.8, 4) is 5.75 Å². The molecule has 2 aromatic rings. The van der Waals surface area contributed by atoms with E-state index in [0.29, 0.717) is 23.7 Å². The largest absolute Gasteiger partial charge is 0.482 e. The summed E-state index contributed by atoms with van der Waals surface area (Å²) < 4.78 is 5.28. The fraction of sp³-hybridized carbons (Fsp3) is 0.200. The van der Waals surface area contributed by atoms with Crippen molar-refractivity contribution in [2.24, 2.45) is 0 Å². The van der Waals surface area contributed by atoms with E-state index in [-0.39, 0.29) is 18.4 Å². The van der Waals surface area contributed by atoms with Crippen LogP contribution in [0.25, 0.3) is 0 Å². The van der Waals surface area contributed by atoms with Crippen LogP contribution in [0, 0.1) is 6.92 Å². The molecule has 1 aliphatic heterocycles. The van der Waals surface area contributed by atoms with Crippen molar-refractivity contribution in [3.63, 3.8) is 0 Å². The molecule has 0 radical (unpaired) electrons. The minimum atomic E-state index is -0.275. The summed E-state index contributed by atoms with van der Waals surface area (Å²) in [6.45, 7) is 2.14. The summed E-state index contributed by atoms with van der Waals surface area (Å²) in [5, 5.41) is 5.51. The first-order chi connectivity index (χ1) is 10.6. The number of aryl methyl sites for hydroxylation is 1. The molecule has 0 saturated carbocycles. The van der Waals surface area contributed by atoms with E-state index >= 15 is 0 Å². The van der Waals surface area contributed by atoms with E-state index in [1.54, 1.807) is 25.1 Å². The number of benzene rings is 1. The third kappa shape index (κ3) is 3.03. The Labute approximate surface area is 126 Å². The molecule has 0 spiro atoms. The van der Waals surface area contributed by atoms with E-state index in [4.69, 9.17) is 4.74 Å². The summed E-state index contributed by atoms with van der Waals surface area (Å²) in [6, 6.07) is 7.00. The van der Waals surface area contributed by atoms with Gasteiger partial charge in [-0.3, -0.25) is 9.59 Å². The fourth-order valence-electron chi connectivity index (χ4n) is 2.09. The fourth-order valence-corrected chi connectivity index (χ4v) is 2.09. The highest BCUT2D eigenvalue weighted by Gasteiger charge is 2.16. The van der Waals surface area contributed by atoms with Crippen LogP contribution in [0.1, 0.15) is 21.7 Å². The molecule has 0 unspecified atom stereocenters. The maximum atomic E-state index is 12.0. The predicted molar refractivity (Wildman–Crippen MR) is 78.5 cm³/mol. The number of carbonyl (C=O) groups is 2. The van der Waals surface area contributed by atoms with Crippen LogP contribution in [0.3, 0.4) is 0 Å². The Hall–Kier alpha value is -2.96. The minimum absolute atomic E-state index is 0.0240. The highest BCUT2D eigenvalue weighted by Crippen LogP contribution is 2.28. The lowest BCUT2D eigenvalue weighted by Crippen LogP contribution is -2.26. The Morgan fingerprint density at radius 2 is 2.23 bits per heavy atom. The average Bonchev–Trinajstić information content (AvgIpc) is 2.52. The van der Waals surface area contributed by atoms with Crippen molar-refractivity contribution in [2.75, 3.05) is 11.9 Å². The van der Waals surface area contributed by atoms with Gasteiger partial charge in [0.15, 0.2) is 6.61 Å². The van der Waals surface area contributed by atoms with Gasteiger partial charge in [-0.2, -0.15) is 0 Å². The minimum Gasteiger partial charge on any atom is -0.482 e. The van der Waals surface area contributed by atoms with E-state index in [1.807, 2.05) is 6.07 Å². The molecule has 3 rings (SSSR count). The van der Waals surface area contributed by atoms with Gasteiger partial charge in [-0.1, -0.05) is 6.07 Å². The highest BCUT2D eigenvalue weighted by atomic mass is 16.5. The van der Waals surface area contributed by atoms with Gasteiger partial charge >= 0.3 is 0 Å². The van der Waals surface area contributed by atoms with Gasteiger partial charge < -0.3 is 15.4 Å². The van der Waals surface area contributed by atoms with Crippen LogP contribution in [0.15, 0.2) is 30.6 Å². The van der Waals surface area contributed by atoms with Crippen LogP contribution < -0.4 is 15.4 Å². The molecule has 22 heavy (non-hydrogen) atoms. The third-order valence-electron chi connectivity index (χ3n) is 3.17. The molecule has 2 N–H and O–H groups in total. The van der Waals surface area contributed by atoms with Crippen molar-refractivity contribution < 1.29 is 14.3 Å². The Morgan fingerprint density at radius 1 is 1.36 bits per heavy atom. The Balaban J connectivity index is 1.68. The molecule has 1 aromatic heterocycles. The number of rotatable bonds is 3. The molecule has 2 heterocycles. The highest BCUT2D eigenvalue weighted by molar-refractivity contribution is 5.95. The molecule has 0 aliphatic carbocycles. The second-order valence-corrected chi connectivity index (χ2v) is 4.89. The number of nitrogens with one attached hydrogen (secondary N) is 2. The van der Waals surface area contributed by atoms with E-state index in [2.05, 4.69) is 20.6 Å². The van der Waals surface area contributed by atoms with Gasteiger partial charge in [0.2, 0.25) is 0 Å². The lowest BCUT2D eigenvalue weighted by molar-refractivity contribution is -0.118. The van der Waals surface area contributed by atoms with Gasteiger partial charge in [0.1, 0.15) is 17.8 Å². The summed E-state index contributed by atoms with van der Waals surface area (Å²) in [4.78, 5) is 31.2. The molecule has 7 heteroatoms. The topological polar surface area (TPSA) is 93.2 Å². The molecule has 1 aliphatic rings. The first-order valence-electron chi connectivity index (χ1n) is 6.74. The molecule has 2 amide bonds. The number of fused-ring (bicyclic) bond motifs is 1. The van der Waals surface area contributed by atoms with Gasteiger partial charge in [0.05, 0.1) is 5.69 Å². The van der Waals surface area contributed by atoms with Crippen molar-refractivity contribution in [1.82, 2.24) is 15.3 Å². The summed E-state index contributed by atoms with van der Waals surface area (Å²) in [5.41, 5.74) is 2.51. The van der Waals surface area contributed by atoms with Gasteiger partial charge in [-0.15, -0.1) is 0 Å². The van der Waals surface area contributed by atoms with Gasteiger partial charge in [0, 0.05) is 12.2 Å². The Morgan fingerprint density at radius 3 is 3.05 bits per heavy atom. The molecular weight excluding hydrogens is 284 g/mol. The SMILES string of the molecule is Cc1cc(C(=O)NCc2ccc3c(c2)NC(=O)CO3)ncn1. The Bertz CT molecular complexity index is 745. The number of carbonyl (C=O) groups excluding carboxylic acids is 2. The van der Waals surface area contributed by atoms with Crippen molar-refractivity contribution in [3.05, 3.63) is 47.5 Å². The lowest BCUT2D eigenvalue weighted by Gasteiger charge is -2.18. The number of amides is 2. The summed E-state index contributed by atoms with van der Waals surface area (Å²) in [6.07, 6.45) is 1.36. The predicted octanol–water partition coefficient (Wildman–Crippen LogP) is 1.05. The zero-order valence-electron chi connectivity index (χ0n) is 11.9. The van der Waals surface area contributed by atoms with Gasteiger partial charge in [-0.05, 0) is 30.7 Å². The molecule has 7 nitrogen and oxygen atoms in total. The first kappa shape index (κ1) is 14.0. The molecule has 1 aromatic carbocycles. The molecule has 0 saturated heterocycles. The van der Waals surface area contributed by atoms with Crippen molar-refractivity contribution >= 4 is 17.5 Å². The lowest BCUT2D eigenvalue weighted by atomic mass is 10.1. The normalized spacial score (nSPS) is 12.9. The van der Waals surface area contributed by atoms with Crippen LogP contribution in [-0.4, -0.2) is 28.4 Å². The van der Waals surface area contributed by atoms with Crippen LogP contribution >= 0.6 is 0 Å². The van der Waals surface area contributed by atoms with E-state index in [0.717, 1.165) is 11.3 Å². The van der Waals surface area contributed by atoms with Gasteiger partial charge in [-0.25, -0.2) is 9.97 Å². The number of aromatic nitrogens is 2. The third-order valence-corrected chi connectivity index (χ3v) is 3.17. The number of anilines is 1. The molecule has 0 bridgehead atoms. The molecular formula is C15H14N4O3. The van der Waals surface area contributed by atoms with Crippen LogP contribution in [0.5, 0.6) is 5.75 Å². The monoisotopic (exact) mass is 298 g/mol. The quantitative estimate of drug-likeness (QED) is 0.883. The number of hydrogen-bond acceptors (Lipinski definition) is 5. The average molecular weight is 298 g/mol. The molecule has 112 valence electrons. The summed E-state index contributed by atoms with van der Waals surface area (Å²) in [7, 11) is 0. The second-order valence-electron chi connectivity index (χ2n) is 4.89. The number of nitrogens with zero attached hydrogens (tertiary/aromatic N) is 2. The maximum Gasteiger partial charge on any atom is 0.270 e. The van der Waals surface area contributed by atoms with Crippen LogP contribution in [0.2, 0.25) is 0 Å². The zero-order valence-corrected chi connectivity index (χ0v) is 11.9. The summed E-state index contributed by atoms with van der Waals surface area (Å²) in [5.74, 6) is 0.162. The zero-order chi connectivity index (χ0) is 15.5. The first-order valence-corrected chi connectivity index (χ1v) is 6.74. The standard InChI is InChI=1S/C15H14N4O3/c1-9-4-12(18-8-17-9)15(21)16-6-10-2-3-13-11(5-10)19-14(20)7-22-13/h2-5,8H,6-7H2,1H3,(H,16,21)(H,19,20). The van der Waals surface area contributed by atoms with E-state index in [1.165, 1.54) is 6.33 Å². The summed E-state index contributed by atoms with van der Waals surface area (Å²) >= 11 is 0. The van der Waals surface area contributed by atoms with Gasteiger partial charge in [0.25, 0.3) is 11.8 Å². The van der Waals surface area contributed by atoms with Crippen LogP contribution in [0.4, 0.5) is 5.69 Å². The maximum absolute atomic E-state index is 12.0.